The average molecular weight is 212 g/mol. The van der Waals surface area contributed by atoms with Crippen LogP contribution < -0.4 is 10.1 Å². The zero-order chi connectivity index (χ0) is 11.5. The quantitative estimate of drug-likeness (QED) is 0.833. The van der Waals surface area contributed by atoms with Crippen molar-refractivity contribution in [1.82, 2.24) is 10.3 Å². The first-order chi connectivity index (χ1) is 6.92. The van der Waals surface area contributed by atoms with Gasteiger partial charge in [-0.15, -0.1) is 0 Å². The van der Waals surface area contributed by atoms with Gasteiger partial charge in [-0.25, -0.2) is 9.37 Å². The van der Waals surface area contributed by atoms with Crippen molar-refractivity contribution in [3.8, 4) is 5.88 Å². The summed E-state index contributed by atoms with van der Waals surface area (Å²) in [5.41, 5.74) is 0.713. The van der Waals surface area contributed by atoms with Gasteiger partial charge in [0.1, 0.15) is 5.82 Å². The molecule has 15 heavy (non-hydrogen) atoms. The van der Waals surface area contributed by atoms with Crippen LogP contribution >= 0.6 is 0 Å². The van der Waals surface area contributed by atoms with E-state index in [-0.39, 0.29) is 11.4 Å². The molecule has 0 radical (unpaired) electrons. The fourth-order valence-corrected chi connectivity index (χ4v) is 1.14. The summed E-state index contributed by atoms with van der Waals surface area (Å²) in [4.78, 5) is 3.86. The third-order valence-corrected chi connectivity index (χ3v) is 1.89. The Bertz CT molecular complexity index is 334. The van der Waals surface area contributed by atoms with E-state index in [4.69, 9.17) is 4.74 Å². The van der Waals surface area contributed by atoms with E-state index >= 15 is 0 Å². The van der Waals surface area contributed by atoms with Gasteiger partial charge in [-0.05, 0) is 26.8 Å². The minimum absolute atomic E-state index is 0.0165. The number of pyridine rings is 1. The summed E-state index contributed by atoms with van der Waals surface area (Å²) in [5.74, 6) is 0.120. The second-order valence-corrected chi connectivity index (χ2v) is 4.43. The standard InChI is InChI=1S/C11H17FN2O/c1-11(2,3)14-6-8-5-9(12)7-13-10(8)15-4/h5,7,14H,6H2,1-4H3. The maximum absolute atomic E-state index is 13.0. The first kappa shape index (κ1) is 11.9. The molecule has 0 amide bonds. The number of hydrogen-bond acceptors (Lipinski definition) is 3. The first-order valence-electron chi connectivity index (χ1n) is 4.86. The molecule has 0 bridgehead atoms. The van der Waals surface area contributed by atoms with Crippen LogP contribution in [-0.2, 0) is 6.54 Å². The van der Waals surface area contributed by atoms with Crippen molar-refractivity contribution >= 4 is 0 Å². The third-order valence-electron chi connectivity index (χ3n) is 1.89. The van der Waals surface area contributed by atoms with Gasteiger partial charge in [0.2, 0.25) is 5.88 Å². The van der Waals surface area contributed by atoms with Crippen LogP contribution in [0.5, 0.6) is 5.88 Å². The number of halogens is 1. The van der Waals surface area contributed by atoms with Gasteiger partial charge < -0.3 is 10.1 Å². The van der Waals surface area contributed by atoms with Crippen molar-refractivity contribution in [3.05, 3.63) is 23.6 Å². The SMILES string of the molecule is COc1ncc(F)cc1CNC(C)(C)C. The summed E-state index contributed by atoms with van der Waals surface area (Å²) >= 11 is 0. The van der Waals surface area contributed by atoms with Gasteiger partial charge in [0, 0.05) is 17.6 Å². The smallest absolute Gasteiger partial charge is 0.217 e. The predicted octanol–water partition coefficient (Wildman–Crippen LogP) is 2.12. The van der Waals surface area contributed by atoms with Crippen LogP contribution in [0.25, 0.3) is 0 Å². The van der Waals surface area contributed by atoms with E-state index in [1.165, 1.54) is 13.2 Å². The molecule has 4 heteroatoms. The Morgan fingerprint density at radius 3 is 2.67 bits per heavy atom. The number of ether oxygens (including phenoxy) is 1. The first-order valence-corrected chi connectivity index (χ1v) is 4.86. The third kappa shape index (κ3) is 3.83. The molecule has 0 saturated carbocycles. The maximum atomic E-state index is 13.0. The van der Waals surface area contributed by atoms with Gasteiger partial charge in [0.05, 0.1) is 13.3 Å². The van der Waals surface area contributed by atoms with Crippen LogP contribution in [0.15, 0.2) is 12.3 Å². The summed E-state index contributed by atoms with van der Waals surface area (Å²) in [7, 11) is 1.53. The molecule has 0 aromatic carbocycles. The number of nitrogens with zero attached hydrogens (tertiary/aromatic N) is 1. The van der Waals surface area contributed by atoms with Crippen LogP contribution in [0.1, 0.15) is 26.3 Å². The minimum atomic E-state index is -0.346. The van der Waals surface area contributed by atoms with Crippen LogP contribution in [0, 0.1) is 5.82 Å². The summed E-state index contributed by atoms with van der Waals surface area (Å²) in [6.07, 6.45) is 1.15. The Hall–Kier alpha value is -1.16. The largest absolute Gasteiger partial charge is 0.481 e. The lowest BCUT2D eigenvalue weighted by molar-refractivity contribution is 0.376. The molecule has 0 aliphatic heterocycles. The van der Waals surface area contributed by atoms with E-state index in [1.54, 1.807) is 0 Å². The molecule has 1 N–H and O–H groups in total. The maximum Gasteiger partial charge on any atom is 0.217 e. The summed E-state index contributed by atoms with van der Waals surface area (Å²) in [6, 6.07) is 1.44. The molecular weight excluding hydrogens is 195 g/mol. The molecule has 84 valence electrons. The van der Waals surface area contributed by atoms with Crippen molar-refractivity contribution in [2.24, 2.45) is 0 Å². The summed E-state index contributed by atoms with van der Waals surface area (Å²) in [6.45, 7) is 6.68. The zero-order valence-corrected chi connectivity index (χ0v) is 9.60. The lowest BCUT2D eigenvalue weighted by Gasteiger charge is -2.21. The fourth-order valence-electron chi connectivity index (χ4n) is 1.14. The van der Waals surface area contributed by atoms with Crippen LogP contribution in [0.2, 0.25) is 0 Å². The molecule has 1 heterocycles. The number of nitrogens with one attached hydrogen (secondary N) is 1. The molecule has 0 atom stereocenters. The monoisotopic (exact) mass is 212 g/mol. The van der Waals surface area contributed by atoms with Crippen LogP contribution in [0.3, 0.4) is 0 Å². The Kier molecular flexibility index (Phi) is 3.63. The Morgan fingerprint density at radius 1 is 1.47 bits per heavy atom. The van der Waals surface area contributed by atoms with E-state index in [2.05, 4.69) is 10.3 Å². The highest BCUT2D eigenvalue weighted by atomic mass is 19.1. The molecule has 1 aromatic heterocycles. The number of rotatable bonds is 3. The lowest BCUT2D eigenvalue weighted by atomic mass is 10.1. The molecule has 0 spiro atoms. The van der Waals surface area contributed by atoms with E-state index in [0.29, 0.717) is 12.4 Å². The van der Waals surface area contributed by atoms with Crippen molar-refractivity contribution in [2.45, 2.75) is 32.9 Å². The Balaban J connectivity index is 2.79. The molecule has 0 saturated heterocycles. The Morgan fingerprint density at radius 2 is 2.13 bits per heavy atom. The van der Waals surface area contributed by atoms with Crippen LogP contribution in [0.4, 0.5) is 4.39 Å². The molecule has 0 unspecified atom stereocenters. The molecule has 1 rings (SSSR count). The summed E-state index contributed by atoms with van der Waals surface area (Å²) < 4.78 is 18.0. The number of methoxy groups -OCH3 is 1. The highest BCUT2D eigenvalue weighted by Gasteiger charge is 2.12. The second-order valence-electron chi connectivity index (χ2n) is 4.43. The molecule has 0 fully saturated rings. The van der Waals surface area contributed by atoms with E-state index in [0.717, 1.165) is 11.8 Å². The lowest BCUT2D eigenvalue weighted by Crippen LogP contribution is -2.35. The van der Waals surface area contributed by atoms with E-state index in [1.807, 2.05) is 20.8 Å². The van der Waals surface area contributed by atoms with Gasteiger partial charge in [-0.3, -0.25) is 0 Å². The van der Waals surface area contributed by atoms with Gasteiger partial charge in [-0.2, -0.15) is 0 Å². The van der Waals surface area contributed by atoms with Crippen LogP contribution in [-0.4, -0.2) is 17.6 Å². The van der Waals surface area contributed by atoms with Gasteiger partial charge in [-0.1, -0.05) is 0 Å². The van der Waals surface area contributed by atoms with E-state index < -0.39 is 0 Å². The van der Waals surface area contributed by atoms with Gasteiger partial charge in [0.15, 0.2) is 0 Å². The number of hydrogen-bond donors (Lipinski definition) is 1. The zero-order valence-electron chi connectivity index (χ0n) is 9.60. The van der Waals surface area contributed by atoms with Crippen molar-refractivity contribution in [1.29, 1.82) is 0 Å². The minimum Gasteiger partial charge on any atom is -0.481 e. The molecular formula is C11H17FN2O. The molecule has 3 nitrogen and oxygen atoms in total. The van der Waals surface area contributed by atoms with Crippen molar-refractivity contribution < 1.29 is 9.13 Å². The predicted molar refractivity (Wildman–Crippen MR) is 57.3 cm³/mol. The Labute approximate surface area is 89.7 Å². The summed E-state index contributed by atoms with van der Waals surface area (Å²) in [5, 5.41) is 3.25. The van der Waals surface area contributed by atoms with Gasteiger partial charge >= 0.3 is 0 Å². The van der Waals surface area contributed by atoms with E-state index in [9.17, 15) is 4.39 Å². The van der Waals surface area contributed by atoms with Gasteiger partial charge in [0.25, 0.3) is 0 Å². The normalized spacial score (nSPS) is 11.5. The highest BCUT2D eigenvalue weighted by molar-refractivity contribution is 5.26. The number of aromatic nitrogens is 1. The average Bonchev–Trinajstić information content (AvgIpc) is 2.14. The highest BCUT2D eigenvalue weighted by Crippen LogP contribution is 2.16. The second kappa shape index (κ2) is 4.57. The molecule has 1 aromatic rings. The molecule has 0 aliphatic rings. The topological polar surface area (TPSA) is 34.1 Å². The molecule has 0 aliphatic carbocycles. The van der Waals surface area contributed by atoms with Crippen molar-refractivity contribution in [2.75, 3.05) is 7.11 Å². The fraction of sp³-hybridized carbons (Fsp3) is 0.545. The van der Waals surface area contributed by atoms with Crippen molar-refractivity contribution in [3.63, 3.8) is 0 Å².